The van der Waals surface area contributed by atoms with E-state index in [1.165, 1.54) is 6.08 Å². The van der Waals surface area contributed by atoms with E-state index in [4.69, 9.17) is 16.3 Å². The molecular formula is C16H17ClO5. The quantitative estimate of drug-likeness (QED) is 0.447. The van der Waals surface area contributed by atoms with Gasteiger partial charge in [0, 0.05) is 24.3 Å². The second-order valence-corrected chi connectivity index (χ2v) is 6.77. The molecule has 1 aliphatic heterocycles. The lowest BCUT2D eigenvalue weighted by atomic mass is 9.62. The van der Waals surface area contributed by atoms with Crippen molar-refractivity contribution in [3.8, 4) is 0 Å². The van der Waals surface area contributed by atoms with Crippen LogP contribution in [-0.2, 0) is 23.9 Å². The molecule has 0 N–H and O–H groups in total. The predicted molar refractivity (Wildman–Crippen MR) is 77.3 cm³/mol. The maximum atomic E-state index is 12.9. The van der Waals surface area contributed by atoms with Gasteiger partial charge in [0.2, 0.25) is 0 Å². The molecule has 2 fully saturated rings. The number of ether oxygens (including phenoxy) is 1. The molecule has 0 aromatic carbocycles. The minimum atomic E-state index is -1.45. The SMILES string of the molecule is C[C@@]12OC(=O)[C@]1(C(=O)C1=CC(=O)CCC1)CC(=O)[C@@H]2CCCl. The zero-order valence-corrected chi connectivity index (χ0v) is 13.1. The van der Waals surface area contributed by atoms with Crippen molar-refractivity contribution in [2.24, 2.45) is 11.3 Å². The van der Waals surface area contributed by atoms with E-state index >= 15 is 0 Å². The van der Waals surface area contributed by atoms with Crippen LogP contribution in [0.1, 0.15) is 39.0 Å². The van der Waals surface area contributed by atoms with Crippen LogP contribution < -0.4 is 0 Å². The number of carbonyl (C=O) groups is 4. The van der Waals surface area contributed by atoms with Crippen LogP contribution in [0.15, 0.2) is 11.6 Å². The molecule has 0 aromatic rings. The van der Waals surface area contributed by atoms with Gasteiger partial charge < -0.3 is 4.74 Å². The molecule has 0 spiro atoms. The number of Topliss-reactive ketones (excluding diaryl/α,β-unsaturated/α-hetero) is 2. The van der Waals surface area contributed by atoms with Crippen molar-refractivity contribution in [3.05, 3.63) is 11.6 Å². The topological polar surface area (TPSA) is 77.5 Å². The van der Waals surface area contributed by atoms with Gasteiger partial charge in [-0.2, -0.15) is 0 Å². The summed E-state index contributed by atoms with van der Waals surface area (Å²) in [7, 11) is 0. The molecule has 0 bridgehead atoms. The van der Waals surface area contributed by atoms with Crippen molar-refractivity contribution in [2.75, 3.05) is 5.88 Å². The predicted octanol–water partition coefficient (Wildman–Crippen LogP) is 1.75. The molecule has 1 saturated carbocycles. The second kappa shape index (κ2) is 5.01. The van der Waals surface area contributed by atoms with Gasteiger partial charge in [-0.3, -0.25) is 19.2 Å². The lowest BCUT2D eigenvalue weighted by Crippen LogP contribution is -2.68. The Balaban J connectivity index is 2.00. The van der Waals surface area contributed by atoms with Gasteiger partial charge in [-0.15, -0.1) is 11.6 Å². The molecule has 3 atom stereocenters. The van der Waals surface area contributed by atoms with Gasteiger partial charge >= 0.3 is 5.97 Å². The Hall–Kier alpha value is -1.49. The Bertz CT molecular complexity index is 622. The number of rotatable bonds is 4. The summed E-state index contributed by atoms with van der Waals surface area (Å²) >= 11 is 5.74. The van der Waals surface area contributed by atoms with Crippen molar-refractivity contribution in [2.45, 2.75) is 44.6 Å². The van der Waals surface area contributed by atoms with E-state index in [1.54, 1.807) is 6.92 Å². The first-order valence-electron chi connectivity index (χ1n) is 7.47. The molecule has 22 heavy (non-hydrogen) atoms. The maximum absolute atomic E-state index is 12.9. The fourth-order valence-electron chi connectivity index (χ4n) is 4.02. The van der Waals surface area contributed by atoms with Crippen molar-refractivity contribution in [1.29, 1.82) is 0 Å². The summed E-state index contributed by atoms with van der Waals surface area (Å²) in [6, 6.07) is 0. The molecule has 3 rings (SSSR count). The first-order valence-corrected chi connectivity index (χ1v) is 8.00. The van der Waals surface area contributed by atoms with E-state index < -0.39 is 28.7 Å². The van der Waals surface area contributed by atoms with Crippen molar-refractivity contribution in [1.82, 2.24) is 0 Å². The summed E-state index contributed by atoms with van der Waals surface area (Å²) in [6.45, 7) is 1.64. The van der Waals surface area contributed by atoms with Gasteiger partial charge in [0.05, 0.1) is 5.92 Å². The fraction of sp³-hybridized carbons (Fsp3) is 0.625. The van der Waals surface area contributed by atoms with Crippen LogP contribution in [0.5, 0.6) is 0 Å². The van der Waals surface area contributed by atoms with Crippen LogP contribution in [0.25, 0.3) is 0 Å². The van der Waals surface area contributed by atoms with E-state index in [9.17, 15) is 19.2 Å². The van der Waals surface area contributed by atoms with Crippen LogP contribution in [0.4, 0.5) is 0 Å². The van der Waals surface area contributed by atoms with Crippen LogP contribution in [0.3, 0.4) is 0 Å². The summed E-state index contributed by atoms with van der Waals surface area (Å²) < 4.78 is 5.28. The Morgan fingerprint density at radius 2 is 2.09 bits per heavy atom. The molecule has 0 aromatic heterocycles. The number of alkyl halides is 1. The molecule has 0 unspecified atom stereocenters. The van der Waals surface area contributed by atoms with E-state index in [1.807, 2.05) is 0 Å². The highest BCUT2D eigenvalue weighted by molar-refractivity contribution is 6.22. The highest BCUT2D eigenvalue weighted by atomic mass is 35.5. The largest absolute Gasteiger partial charge is 0.456 e. The smallest absolute Gasteiger partial charge is 0.325 e. The minimum Gasteiger partial charge on any atom is -0.456 e. The second-order valence-electron chi connectivity index (χ2n) is 6.39. The normalized spacial score (nSPS) is 37.3. The number of hydrogen-bond donors (Lipinski definition) is 0. The van der Waals surface area contributed by atoms with E-state index in [0.717, 1.165) is 0 Å². The molecule has 0 radical (unpaired) electrons. The highest BCUT2D eigenvalue weighted by Crippen LogP contribution is 2.61. The average Bonchev–Trinajstić information content (AvgIpc) is 2.65. The lowest BCUT2D eigenvalue weighted by Gasteiger charge is -2.51. The van der Waals surface area contributed by atoms with E-state index in [2.05, 4.69) is 0 Å². The van der Waals surface area contributed by atoms with Gasteiger partial charge in [-0.05, 0) is 32.3 Å². The van der Waals surface area contributed by atoms with Crippen molar-refractivity contribution < 1.29 is 23.9 Å². The zero-order chi connectivity index (χ0) is 16.1. The molecule has 6 heteroatoms. The lowest BCUT2D eigenvalue weighted by molar-refractivity contribution is -0.233. The Labute approximate surface area is 133 Å². The van der Waals surface area contributed by atoms with Crippen LogP contribution in [0.2, 0.25) is 0 Å². The molecule has 1 saturated heterocycles. The first-order chi connectivity index (χ1) is 10.4. The Kier molecular flexibility index (Phi) is 3.51. The molecular weight excluding hydrogens is 308 g/mol. The third-order valence-corrected chi connectivity index (χ3v) is 5.49. The summed E-state index contributed by atoms with van der Waals surface area (Å²) in [6.07, 6.45) is 3.03. The zero-order valence-electron chi connectivity index (χ0n) is 12.3. The van der Waals surface area contributed by atoms with E-state index in [0.29, 0.717) is 31.3 Å². The molecule has 3 aliphatic rings. The molecule has 2 aliphatic carbocycles. The van der Waals surface area contributed by atoms with Gasteiger partial charge in [0.15, 0.2) is 17.0 Å². The van der Waals surface area contributed by atoms with E-state index in [-0.39, 0.29) is 23.9 Å². The molecule has 5 nitrogen and oxygen atoms in total. The first kappa shape index (κ1) is 15.4. The Morgan fingerprint density at radius 3 is 2.68 bits per heavy atom. The summed E-state index contributed by atoms with van der Waals surface area (Å²) in [5.74, 6) is -1.62. The third kappa shape index (κ3) is 1.78. The Morgan fingerprint density at radius 1 is 1.36 bits per heavy atom. The van der Waals surface area contributed by atoms with Crippen LogP contribution in [-0.4, -0.2) is 34.8 Å². The number of fused-ring (bicyclic) bond motifs is 1. The van der Waals surface area contributed by atoms with Gasteiger partial charge in [-0.25, -0.2) is 0 Å². The number of ketones is 3. The number of esters is 1. The van der Waals surface area contributed by atoms with Crippen molar-refractivity contribution in [3.63, 3.8) is 0 Å². The van der Waals surface area contributed by atoms with Crippen molar-refractivity contribution >= 4 is 34.9 Å². The number of carbonyl (C=O) groups excluding carboxylic acids is 4. The number of hydrogen-bond acceptors (Lipinski definition) is 5. The maximum Gasteiger partial charge on any atom is 0.325 e. The average molecular weight is 325 g/mol. The highest BCUT2D eigenvalue weighted by Gasteiger charge is 2.79. The molecule has 0 amide bonds. The number of allylic oxidation sites excluding steroid dienone is 2. The fourth-order valence-corrected chi connectivity index (χ4v) is 4.24. The summed E-state index contributed by atoms with van der Waals surface area (Å²) in [5.41, 5.74) is -2.24. The number of halogens is 1. The monoisotopic (exact) mass is 324 g/mol. The van der Waals surface area contributed by atoms with Gasteiger partial charge in [-0.1, -0.05) is 0 Å². The molecule has 118 valence electrons. The summed E-state index contributed by atoms with van der Waals surface area (Å²) in [4.78, 5) is 49.0. The van der Waals surface area contributed by atoms with Crippen LogP contribution >= 0.6 is 11.6 Å². The standard InChI is InChI=1S/C16H17ClO5/c1-15-11(5-6-17)12(19)8-16(15,14(21)22-15)13(20)9-3-2-4-10(18)7-9/h7,11H,2-6,8H2,1H3/t11-,15-,16+/m0/s1. The third-order valence-electron chi connectivity index (χ3n) is 5.28. The molecule has 1 heterocycles. The van der Waals surface area contributed by atoms with Crippen LogP contribution in [0, 0.1) is 11.3 Å². The van der Waals surface area contributed by atoms with Gasteiger partial charge in [0.25, 0.3) is 0 Å². The van der Waals surface area contributed by atoms with Gasteiger partial charge in [0.1, 0.15) is 11.4 Å². The summed E-state index contributed by atoms with van der Waals surface area (Å²) in [5, 5.41) is 0. The minimum absolute atomic E-state index is 0.109.